The zero-order valence-electron chi connectivity index (χ0n) is 6.26. The Hall–Kier alpha value is -1.25. The number of hydrogen-bond donors (Lipinski definition) is 2. The summed E-state index contributed by atoms with van der Waals surface area (Å²) in [5, 5.41) is 9.23. The molecule has 0 saturated carbocycles. The monoisotopic (exact) mass is 155 g/mol. The summed E-state index contributed by atoms with van der Waals surface area (Å²) in [6.45, 7) is 1.83. The number of hydrogen-bond acceptors (Lipinski definition) is 2. The van der Waals surface area contributed by atoms with E-state index in [1.54, 1.807) is 0 Å². The number of benzene rings is 1. The molecule has 0 aliphatic heterocycles. The smallest absolute Gasteiger partial charge is 0.141 e. The van der Waals surface area contributed by atoms with Crippen molar-refractivity contribution in [1.29, 1.82) is 0 Å². The van der Waals surface area contributed by atoms with Crippen LogP contribution in [-0.2, 0) is 6.42 Å². The van der Waals surface area contributed by atoms with Crippen molar-refractivity contribution in [2.45, 2.75) is 13.3 Å². The predicted molar refractivity (Wildman–Crippen MR) is 41.9 cm³/mol. The van der Waals surface area contributed by atoms with Gasteiger partial charge < -0.3 is 10.8 Å². The van der Waals surface area contributed by atoms with Gasteiger partial charge in [0.05, 0.1) is 5.69 Å². The molecule has 0 unspecified atom stereocenters. The van der Waals surface area contributed by atoms with Gasteiger partial charge >= 0.3 is 0 Å². The average Bonchev–Trinajstić information content (AvgIpc) is 1.96. The maximum Gasteiger partial charge on any atom is 0.141 e. The van der Waals surface area contributed by atoms with Crippen LogP contribution in [-0.4, -0.2) is 5.11 Å². The molecule has 60 valence electrons. The minimum absolute atomic E-state index is 0.00565. The van der Waals surface area contributed by atoms with E-state index >= 15 is 0 Å². The van der Waals surface area contributed by atoms with E-state index in [9.17, 15) is 9.50 Å². The molecule has 1 rings (SSSR count). The quantitative estimate of drug-likeness (QED) is 0.478. The van der Waals surface area contributed by atoms with Gasteiger partial charge in [0, 0.05) is 6.07 Å². The van der Waals surface area contributed by atoms with Crippen LogP contribution in [0.5, 0.6) is 5.75 Å². The third-order valence-corrected chi connectivity index (χ3v) is 1.56. The molecule has 11 heavy (non-hydrogen) atoms. The van der Waals surface area contributed by atoms with Gasteiger partial charge in [-0.05, 0) is 18.1 Å². The van der Waals surface area contributed by atoms with Crippen LogP contribution < -0.4 is 5.73 Å². The first kappa shape index (κ1) is 7.85. The molecule has 2 nitrogen and oxygen atoms in total. The van der Waals surface area contributed by atoms with Crippen molar-refractivity contribution in [2.75, 3.05) is 5.73 Å². The first-order valence-corrected chi connectivity index (χ1v) is 3.42. The van der Waals surface area contributed by atoms with Crippen LogP contribution in [0.25, 0.3) is 0 Å². The van der Waals surface area contributed by atoms with Crippen LogP contribution in [0.15, 0.2) is 12.1 Å². The molecule has 0 amide bonds. The third-order valence-electron chi connectivity index (χ3n) is 1.56. The molecule has 0 radical (unpaired) electrons. The molecule has 3 N–H and O–H groups in total. The first-order chi connectivity index (χ1) is 5.15. The fourth-order valence-corrected chi connectivity index (χ4v) is 0.948. The number of aryl methyl sites for hydroxylation is 1. The maximum atomic E-state index is 12.6. The molecule has 0 atom stereocenters. The van der Waals surface area contributed by atoms with Gasteiger partial charge in [0.1, 0.15) is 11.6 Å². The fraction of sp³-hybridized carbons (Fsp3) is 0.250. The SMILES string of the molecule is CCc1cc(F)cc(N)c1O. The highest BCUT2D eigenvalue weighted by Crippen LogP contribution is 2.26. The van der Waals surface area contributed by atoms with Gasteiger partial charge in [-0.3, -0.25) is 0 Å². The summed E-state index contributed by atoms with van der Waals surface area (Å²) in [7, 11) is 0. The Labute approximate surface area is 64.5 Å². The van der Waals surface area contributed by atoms with Crippen LogP contribution in [0, 0.1) is 5.82 Å². The lowest BCUT2D eigenvalue weighted by Crippen LogP contribution is -1.91. The Morgan fingerprint density at radius 1 is 1.55 bits per heavy atom. The number of nitrogens with two attached hydrogens (primary N) is 1. The zero-order chi connectivity index (χ0) is 8.43. The lowest BCUT2D eigenvalue weighted by molar-refractivity contribution is 0.469. The normalized spacial score (nSPS) is 10.0. The van der Waals surface area contributed by atoms with Crippen molar-refractivity contribution in [1.82, 2.24) is 0 Å². The molecule has 0 saturated heterocycles. The number of phenols is 1. The van der Waals surface area contributed by atoms with Gasteiger partial charge in [-0.15, -0.1) is 0 Å². The Balaban J connectivity index is 3.24. The van der Waals surface area contributed by atoms with Gasteiger partial charge in [0.15, 0.2) is 0 Å². The number of aromatic hydroxyl groups is 1. The molecular weight excluding hydrogens is 145 g/mol. The number of anilines is 1. The lowest BCUT2D eigenvalue weighted by atomic mass is 10.1. The summed E-state index contributed by atoms with van der Waals surface area (Å²) >= 11 is 0. The molecule has 0 fully saturated rings. The Kier molecular flexibility index (Phi) is 1.98. The van der Waals surface area contributed by atoms with Crippen molar-refractivity contribution in [3.63, 3.8) is 0 Å². The molecule has 1 aromatic carbocycles. The highest BCUT2D eigenvalue weighted by molar-refractivity contribution is 5.56. The zero-order valence-corrected chi connectivity index (χ0v) is 6.26. The van der Waals surface area contributed by atoms with Gasteiger partial charge in [0.25, 0.3) is 0 Å². The van der Waals surface area contributed by atoms with E-state index < -0.39 is 5.82 Å². The minimum atomic E-state index is -0.405. The standard InChI is InChI=1S/C8H10FNO/c1-2-5-3-6(9)4-7(10)8(5)11/h3-4,11H,2,10H2,1H3. The summed E-state index contributed by atoms with van der Waals surface area (Å²) in [5.74, 6) is -0.411. The summed E-state index contributed by atoms with van der Waals surface area (Å²) in [6.07, 6.45) is 0.577. The van der Waals surface area contributed by atoms with E-state index in [4.69, 9.17) is 5.73 Å². The molecule has 0 heterocycles. The van der Waals surface area contributed by atoms with Crippen molar-refractivity contribution in [3.8, 4) is 5.75 Å². The second-order valence-corrected chi connectivity index (χ2v) is 2.36. The van der Waals surface area contributed by atoms with Crippen molar-refractivity contribution in [3.05, 3.63) is 23.5 Å². The van der Waals surface area contributed by atoms with Crippen molar-refractivity contribution in [2.24, 2.45) is 0 Å². The molecule has 0 bridgehead atoms. The number of nitrogen functional groups attached to an aromatic ring is 1. The van der Waals surface area contributed by atoms with Crippen LogP contribution in [0.4, 0.5) is 10.1 Å². The van der Waals surface area contributed by atoms with Crippen molar-refractivity contribution < 1.29 is 9.50 Å². The number of halogens is 1. The van der Waals surface area contributed by atoms with Crippen molar-refractivity contribution >= 4 is 5.69 Å². The average molecular weight is 155 g/mol. The summed E-state index contributed by atoms with van der Waals surface area (Å²) in [5.41, 5.74) is 5.95. The summed E-state index contributed by atoms with van der Waals surface area (Å²) in [6, 6.07) is 2.39. The van der Waals surface area contributed by atoms with E-state index in [1.165, 1.54) is 6.07 Å². The highest BCUT2D eigenvalue weighted by Gasteiger charge is 2.04. The van der Waals surface area contributed by atoms with Gasteiger partial charge in [-0.2, -0.15) is 0 Å². The van der Waals surface area contributed by atoms with E-state index in [0.717, 1.165) is 6.07 Å². The highest BCUT2D eigenvalue weighted by atomic mass is 19.1. The summed E-state index contributed by atoms with van der Waals surface area (Å²) in [4.78, 5) is 0. The van der Waals surface area contributed by atoms with E-state index in [2.05, 4.69) is 0 Å². The second-order valence-electron chi connectivity index (χ2n) is 2.36. The van der Waals surface area contributed by atoms with E-state index in [0.29, 0.717) is 12.0 Å². The van der Waals surface area contributed by atoms with E-state index in [-0.39, 0.29) is 11.4 Å². The number of phenolic OH excluding ortho intramolecular Hbond substituents is 1. The first-order valence-electron chi connectivity index (χ1n) is 3.42. The summed E-state index contributed by atoms with van der Waals surface area (Å²) < 4.78 is 12.6. The maximum absolute atomic E-state index is 12.6. The molecule has 3 heteroatoms. The predicted octanol–water partition coefficient (Wildman–Crippen LogP) is 1.68. The molecule has 0 spiro atoms. The number of rotatable bonds is 1. The Morgan fingerprint density at radius 3 is 2.73 bits per heavy atom. The lowest BCUT2D eigenvalue weighted by Gasteiger charge is -2.03. The van der Waals surface area contributed by atoms with Crippen LogP contribution in [0.2, 0.25) is 0 Å². The van der Waals surface area contributed by atoms with Crippen LogP contribution in [0.1, 0.15) is 12.5 Å². The molecule has 0 aliphatic carbocycles. The largest absolute Gasteiger partial charge is 0.506 e. The third kappa shape index (κ3) is 1.42. The molecule has 1 aromatic rings. The fourth-order valence-electron chi connectivity index (χ4n) is 0.948. The van der Waals surface area contributed by atoms with Gasteiger partial charge in [-0.25, -0.2) is 4.39 Å². The Morgan fingerprint density at radius 2 is 2.18 bits per heavy atom. The van der Waals surface area contributed by atoms with E-state index in [1.807, 2.05) is 6.92 Å². The van der Waals surface area contributed by atoms with Crippen LogP contribution >= 0.6 is 0 Å². The van der Waals surface area contributed by atoms with Gasteiger partial charge in [0.2, 0.25) is 0 Å². The molecular formula is C8H10FNO. The molecule has 0 aromatic heterocycles. The Bertz CT molecular complexity index is 273. The second kappa shape index (κ2) is 2.78. The van der Waals surface area contributed by atoms with Gasteiger partial charge in [-0.1, -0.05) is 6.92 Å². The topological polar surface area (TPSA) is 46.2 Å². The minimum Gasteiger partial charge on any atom is -0.506 e. The molecule has 0 aliphatic rings. The van der Waals surface area contributed by atoms with Crippen LogP contribution in [0.3, 0.4) is 0 Å².